The Hall–Kier alpha value is -2.65. The van der Waals surface area contributed by atoms with E-state index < -0.39 is 17.8 Å². The summed E-state index contributed by atoms with van der Waals surface area (Å²) in [5.41, 5.74) is 1.57. The van der Waals surface area contributed by atoms with Crippen LogP contribution in [0.15, 0.2) is 44.9 Å². The lowest BCUT2D eigenvalue weighted by atomic mass is 10.1. The zero-order valence-corrected chi connectivity index (χ0v) is 20.3. The second-order valence-electron chi connectivity index (χ2n) is 6.58. The molecular weight excluding hydrogens is 532 g/mol. The number of hydrogen-bond donors (Lipinski definition) is 1. The molecule has 0 radical (unpaired) electrons. The van der Waals surface area contributed by atoms with E-state index in [0.717, 1.165) is 14.9 Å². The Balaban J connectivity index is 2.05. The third kappa shape index (κ3) is 4.83. The van der Waals surface area contributed by atoms with E-state index in [9.17, 15) is 14.4 Å². The van der Waals surface area contributed by atoms with Gasteiger partial charge in [-0.05, 0) is 68.3 Å². The molecule has 0 aromatic heterocycles. The molecule has 0 atom stereocenters. The van der Waals surface area contributed by atoms with Gasteiger partial charge in [-0.3, -0.25) is 14.9 Å². The number of amides is 4. The van der Waals surface area contributed by atoms with Crippen molar-refractivity contribution in [2.75, 3.05) is 18.1 Å². The summed E-state index contributed by atoms with van der Waals surface area (Å²) in [5, 5.41) is 2.23. The highest BCUT2D eigenvalue weighted by Gasteiger charge is 2.37. The first-order chi connectivity index (χ1) is 14.8. The van der Waals surface area contributed by atoms with Crippen molar-refractivity contribution in [3.05, 3.63) is 56.0 Å². The molecule has 1 aliphatic heterocycles. The number of ether oxygens (including phenoxy) is 2. The Labute approximate surface area is 196 Å². The van der Waals surface area contributed by atoms with Gasteiger partial charge in [0.05, 0.1) is 18.9 Å². The fraction of sp³-hybridized carbons (Fsp3) is 0.227. The van der Waals surface area contributed by atoms with Gasteiger partial charge in [0, 0.05) is 8.95 Å². The van der Waals surface area contributed by atoms with Gasteiger partial charge in [-0.1, -0.05) is 31.9 Å². The smallest absolute Gasteiger partial charge is 0.335 e. The number of halogens is 2. The van der Waals surface area contributed by atoms with Crippen molar-refractivity contribution >= 4 is 61.5 Å². The van der Waals surface area contributed by atoms with E-state index in [1.165, 1.54) is 6.08 Å². The van der Waals surface area contributed by atoms with Crippen LogP contribution in [-0.4, -0.2) is 31.1 Å². The molecule has 9 heteroatoms. The van der Waals surface area contributed by atoms with Crippen molar-refractivity contribution < 1.29 is 23.9 Å². The second-order valence-corrected chi connectivity index (χ2v) is 8.29. The Morgan fingerprint density at radius 1 is 0.968 bits per heavy atom. The molecule has 0 saturated carbocycles. The van der Waals surface area contributed by atoms with Crippen LogP contribution in [0.25, 0.3) is 6.08 Å². The Bertz CT molecular complexity index is 1100. The fourth-order valence-corrected chi connectivity index (χ4v) is 3.70. The van der Waals surface area contributed by atoms with Gasteiger partial charge in [-0.2, -0.15) is 0 Å². The lowest BCUT2D eigenvalue weighted by molar-refractivity contribution is -0.122. The third-order valence-corrected chi connectivity index (χ3v) is 6.04. The molecular formula is C22H20Br2N2O5. The quantitative estimate of drug-likeness (QED) is 0.404. The first kappa shape index (κ1) is 23.0. The predicted octanol–water partition coefficient (Wildman–Crippen LogP) is 4.98. The molecule has 1 N–H and O–H groups in total. The molecule has 7 nitrogen and oxygen atoms in total. The number of barbiturate groups is 1. The Kier molecular flexibility index (Phi) is 7.17. The van der Waals surface area contributed by atoms with Crippen LogP contribution in [0.5, 0.6) is 11.5 Å². The molecule has 0 aliphatic carbocycles. The number of benzene rings is 2. The van der Waals surface area contributed by atoms with E-state index in [-0.39, 0.29) is 5.57 Å². The van der Waals surface area contributed by atoms with Crippen LogP contribution in [0.1, 0.15) is 25.0 Å². The number of urea groups is 1. The highest BCUT2D eigenvalue weighted by Crippen LogP contribution is 2.35. The van der Waals surface area contributed by atoms with Crippen molar-refractivity contribution in [3.8, 4) is 11.5 Å². The van der Waals surface area contributed by atoms with Crippen LogP contribution in [0.3, 0.4) is 0 Å². The van der Waals surface area contributed by atoms with Gasteiger partial charge in [0.2, 0.25) is 0 Å². The fourth-order valence-electron chi connectivity index (χ4n) is 3.01. The van der Waals surface area contributed by atoms with E-state index >= 15 is 0 Å². The maximum atomic E-state index is 13.1. The van der Waals surface area contributed by atoms with Gasteiger partial charge < -0.3 is 9.47 Å². The summed E-state index contributed by atoms with van der Waals surface area (Å²) in [6, 6.07) is 7.65. The molecule has 31 heavy (non-hydrogen) atoms. The maximum Gasteiger partial charge on any atom is 0.335 e. The van der Waals surface area contributed by atoms with Crippen molar-refractivity contribution in [1.29, 1.82) is 0 Å². The number of nitrogens with zero attached hydrogens (tertiary/aromatic N) is 1. The molecule has 1 heterocycles. The lowest BCUT2D eigenvalue weighted by Crippen LogP contribution is -2.54. The summed E-state index contributed by atoms with van der Waals surface area (Å²) >= 11 is 6.85. The summed E-state index contributed by atoms with van der Waals surface area (Å²) in [6.45, 7) is 6.42. The van der Waals surface area contributed by atoms with Gasteiger partial charge in [0.25, 0.3) is 11.8 Å². The van der Waals surface area contributed by atoms with Gasteiger partial charge in [0.15, 0.2) is 11.5 Å². The summed E-state index contributed by atoms with van der Waals surface area (Å²) in [4.78, 5) is 39.0. The minimum Gasteiger partial charge on any atom is -0.490 e. The topological polar surface area (TPSA) is 84.9 Å². The molecule has 162 valence electrons. The molecule has 4 amide bonds. The van der Waals surface area contributed by atoms with Crippen molar-refractivity contribution in [2.24, 2.45) is 0 Å². The average Bonchev–Trinajstić information content (AvgIpc) is 2.71. The van der Waals surface area contributed by atoms with Crippen LogP contribution in [0, 0.1) is 6.92 Å². The second kappa shape index (κ2) is 9.65. The van der Waals surface area contributed by atoms with Crippen molar-refractivity contribution in [1.82, 2.24) is 5.32 Å². The first-order valence-corrected chi connectivity index (χ1v) is 11.1. The number of nitrogens with one attached hydrogen (secondary N) is 1. The number of hydrogen-bond acceptors (Lipinski definition) is 5. The molecule has 3 rings (SSSR count). The number of imide groups is 2. The largest absolute Gasteiger partial charge is 0.490 e. The summed E-state index contributed by atoms with van der Waals surface area (Å²) in [6.07, 6.45) is 1.42. The molecule has 0 spiro atoms. The average molecular weight is 552 g/mol. The number of carbonyl (C=O) groups is 3. The van der Waals surface area contributed by atoms with Crippen LogP contribution < -0.4 is 19.7 Å². The number of anilines is 1. The highest BCUT2D eigenvalue weighted by molar-refractivity contribution is 9.10. The van der Waals surface area contributed by atoms with Crippen LogP contribution >= 0.6 is 31.9 Å². The van der Waals surface area contributed by atoms with Gasteiger partial charge in [-0.15, -0.1) is 0 Å². The molecule has 0 bridgehead atoms. The van der Waals surface area contributed by atoms with Crippen molar-refractivity contribution in [3.63, 3.8) is 0 Å². The SMILES string of the molecule is CCOc1cc(Br)c(/C=C2\C(=O)NC(=O)N(c3ccc(Br)c(C)c3)C2=O)cc1OCC. The van der Waals surface area contributed by atoms with Gasteiger partial charge in [0.1, 0.15) is 5.57 Å². The number of aryl methyl sites for hydroxylation is 1. The molecule has 2 aromatic rings. The molecule has 0 unspecified atom stereocenters. The molecule has 1 aliphatic rings. The monoisotopic (exact) mass is 550 g/mol. The van der Waals surface area contributed by atoms with Crippen LogP contribution in [-0.2, 0) is 9.59 Å². The first-order valence-electron chi connectivity index (χ1n) is 9.53. The number of carbonyl (C=O) groups excluding carboxylic acids is 3. The van der Waals surface area contributed by atoms with E-state index in [0.29, 0.717) is 40.4 Å². The number of rotatable bonds is 6. The molecule has 1 fully saturated rings. The standard InChI is InChI=1S/C22H20Br2N2O5/c1-4-30-18-10-13(17(24)11-19(18)31-5-2)9-15-20(27)25-22(29)26(21(15)28)14-6-7-16(23)12(3)8-14/h6-11H,4-5H2,1-3H3,(H,25,27,29)/b15-9+. The lowest BCUT2D eigenvalue weighted by Gasteiger charge is -2.27. The van der Waals surface area contributed by atoms with E-state index in [1.54, 1.807) is 30.3 Å². The van der Waals surface area contributed by atoms with Gasteiger partial charge >= 0.3 is 6.03 Å². The van der Waals surface area contributed by atoms with Crippen molar-refractivity contribution in [2.45, 2.75) is 20.8 Å². The zero-order chi connectivity index (χ0) is 22.7. The van der Waals surface area contributed by atoms with E-state index in [4.69, 9.17) is 9.47 Å². The normalized spacial score (nSPS) is 15.3. The minimum atomic E-state index is -0.797. The Morgan fingerprint density at radius 3 is 2.23 bits per heavy atom. The minimum absolute atomic E-state index is 0.174. The van der Waals surface area contributed by atoms with Gasteiger partial charge in [-0.25, -0.2) is 9.69 Å². The summed E-state index contributed by atoms with van der Waals surface area (Å²) < 4.78 is 12.7. The predicted molar refractivity (Wildman–Crippen MR) is 124 cm³/mol. The maximum absolute atomic E-state index is 13.1. The molecule has 2 aromatic carbocycles. The summed E-state index contributed by atoms with van der Waals surface area (Å²) in [7, 11) is 0. The van der Waals surface area contributed by atoms with Crippen LogP contribution in [0.2, 0.25) is 0 Å². The van der Waals surface area contributed by atoms with E-state index in [2.05, 4.69) is 37.2 Å². The van der Waals surface area contributed by atoms with Crippen LogP contribution in [0.4, 0.5) is 10.5 Å². The Morgan fingerprint density at radius 2 is 1.61 bits per heavy atom. The zero-order valence-electron chi connectivity index (χ0n) is 17.1. The third-order valence-electron chi connectivity index (χ3n) is 4.46. The molecule has 1 saturated heterocycles. The highest BCUT2D eigenvalue weighted by atomic mass is 79.9. The summed E-state index contributed by atoms with van der Waals surface area (Å²) in [5.74, 6) is -0.451. The van der Waals surface area contributed by atoms with E-state index in [1.807, 2.05) is 20.8 Å².